The fourth-order valence-electron chi connectivity index (χ4n) is 0.512. The molecule has 0 N–H and O–H groups in total. The topological polar surface area (TPSA) is 34.1 Å². The summed E-state index contributed by atoms with van der Waals surface area (Å²) in [6.45, 7) is 8.99. The van der Waals surface area contributed by atoms with Crippen LogP contribution in [-0.4, -0.2) is 11.6 Å². The van der Waals surface area contributed by atoms with Crippen molar-refractivity contribution < 1.29 is 29.1 Å². The van der Waals surface area contributed by atoms with Gasteiger partial charge in [-0.15, -0.1) is 0 Å². The Hall–Kier alpha value is -0.167. The van der Waals surface area contributed by atoms with E-state index in [1.807, 2.05) is 0 Å². The molecule has 0 amide bonds. The maximum atomic E-state index is 11.3. The summed E-state index contributed by atoms with van der Waals surface area (Å²) in [4.78, 5) is 22.4. The van der Waals surface area contributed by atoms with Gasteiger partial charge in [-0.25, -0.2) is 0 Å². The van der Waals surface area contributed by atoms with Crippen LogP contribution >= 0.6 is 0 Å². The molecule has 0 aliphatic carbocycles. The van der Waals surface area contributed by atoms with E-state index in [0.29, 0.717) is 0 Å². The van der Waals surface area contributed by atoms with E-state index in [1.54, 1.807) is 34.6 Å². The minimum atomic E-state index is -0.440. The van der Waals surface area contributed by atoms with Crippen LogP contribution in [0.15, 0.2) is 0 Å². The smallest absolute Gasteiger partial charge is 0.334 e. The Morgan fingerprint density at radius 1 is 1.15 bits per heavy atom. The third kappa shape index (κ3) is 5.98. The van der Waals surface area contributed by atoms with Crippen LogP contribution in [0.2, 0.25) is 0 Å². The SMILES string of the molecule is CC(C)C(=O)[CH-]C(=O)C(C)(C)C.[Ru+]. The fraction of sp³-hybridized carbons (Fsp3) is 0.700. The van der Waals surface area contributed by atoms with Crippen molar-refractivity contribution >= 4 is 11.6 Å². The van der Waals surface area contributed by atoms with Gasteiger partial charge in [0.15, 0.2) is 0 Å². The summed E-state index contributed by atoms with van der Waals surface area (Å²) >= 11 is 0. The Morgan fingerprint density at radius 2 is 1.54 bits per heavy atom. The molecule has 0 aromatic rings. The number of Topliss-reactive ketones (excluding diaryl/α,β-unsaturated/α-hetero) is 2. The van der Waals surface area contributed by atoms with Crippen molar-refractivity contribution in [1.82, 2.24) is 0 Å². The van der Waals surface area contributed by atoms with Crippen molar-refractivity contribution in [3.8, 4) is 0 Å². The fourth-order valence-corrected chi connectivity index (χ4v) is 0.512. The third-order valence-electron chi connectivity index (χ3n) is 1.58. The summed E-state index contributed by atoms with van der Waals surface area (Å²) in [7, 11) is 0. The average Bonchev–Trinajstić information content (AvgIpc) is 1.85. The first kappa shape index (κ1) is 15.3. The van der Waals surface area contributed by atoms with E-state index < -0.39 is 5.41 Å². The molecule has 77 valence electrons. The Morgan fingerprint density at radius 3 is 1.77 bits per heavy atom. The van der Waals surface area contributed by atoms with Gasteiger partial charge in [0.05, 0.1) is 0 Å². The van der Waals surface area contributed by atoms with Crippen LogP contribution in [0, 0.1) is 17.8 Å². The van der Waals surface area contributed by atoms with Crippen LogP contribution in [0.25, 0.3) is 0 Å². The molecular weight excluding hydrogens is 253 g/mol. The number of ketones is 2. The third-order valence-corrected chi connectivity index (χ3v) is 1.58. The molecule has 0 heterocycles. The maximum absolute atomic E-state index is 11.3. The second kappa shape index (κ2) is 5.54. The van der Waals surface area contributed by atoms with Crippen LogP contribution in [0.3, 0.4) is 0 Å². The molecule has 0 aliphatic rings. The first-order valence-corrected chi connectivity index (χ1v) is 4.18. The normalized spacial score (nSPS) is 10.6. The first-order valence-electron chi connectivity index (χ1n) is 4.18. The van der Waals surface area contributed by atoms with Gasteiger partial charge < -0.3 is 9.59 Å². The summed E-state index contributed by atoms with van der Waals surface area (Å²) < 4.78 is 0. The van der Waals surface area contributed by atoms with Crippen molar-refractivity contribution in [3.05, 3.63) is 6.42 Å². The number of rotatable bonds is 3. The molecule has 2 nitrogen and oxygen atoms in total. The van der Waals surface area contributed by atoms with Gasteiger partial charge in [-0.05, 0) is 11.3 Å². The van der Waals surface area contributed by atoms with E-state index in [-0.39, 0.29) is 37.0 Å². The van der Waals surface area contributed by atoms with Crippen molar-refractivity contribution in [2.75, 3.05) is 0 Å². The Balaban J connectivity index is 0. The Kier molecular flexibility index (Phi) is 6.52. The zero-order valence-corrected chi connectivity index (χ0v) is 10.6. The summed E-state index contributed by atoms with van der Waals surface area (Å²) in [5.41, 5.74) is -0.440. The molecule has 0 fully saturated rings. The van der Waals surface area contributed by atoms with Gasteiger partial charge in [0, 0.05) is 11.6 Å². The summed E-state index contributed by atoms with van der Waals surface area (Å²) in [5, 5.41) is 0. The molecule has 0 aromatic heterocycles. The predicted octanol–water partition coefficient (Wildman–Crippen LogP) is 2.03. The Bertz CT molecular complexity index is 190. The molecule has 1 radical (unpaired) electrons. The number of hydrogen-bond donors (Lipinski definition) is 0. The minimum absolute atomic E-state index is 0. The summed E-state index contributed by atoms with van der Waals surface area (Å²) in [5.74, 6) is -0.271. The summed E-state index contributed by atoms with van der Waals surface area (Å²) in [6, 6.07) is 0. The zero-order chi connectivity index (χ0) is 9.94. The van der Waals surface area contributed by atoms with Crippen molar-refractivity contribution in [2.24, 2.45) is 11.3 Å². The van der Waals surface area contributed by atoms with Gasteiger partial charge in [0.25, 0.3) is 0 Å². The van der Waals surface area contributed by atoms with Gasteiger partial charge in [-0.1, -0.05) is 34.6 Å². The standard InChI is InChI=1S/C10H17O2.Ru/c1-7(2)8(11)6-9(12)10(3,4)5;/h6-7H,1-5H3;/q-1;+1. The molecule has 0 aliphatic heterocycles. The molecule has 0 rings (SSSR count). The molecule has 0 saturated carbocycles. The number of carbonyl (C=O) groups excluding carboxylic acids is 2. The average molecular weight is 270 g/mol. The number of carbonyl (C=O) groups is 2. The second-order valence-corrected chi connectivity index (χ2v) is 4.32. The van der Waals surface area contributed by atoms with Crippen LogP contribution < -0.4 is 0 Å². The van der Waals surface area contributed by atoms with E-state index in [1.165, 1.54) is 6.42 Å². The van der Waals surface area contributed by atoms with Gasteiger partial charge in [0.2, 0.25) is 0 Å². The van der Waals surface area contributed by atoms with Gasteiger partial charge >= 0.3 is 19.5 Å². The quantitative estimate of drug-likeness (QED) is 0.447. The van der Waals surface area contributed by atoms with E-state index in [2.05, 4.69) is 0 Å². The molecule has 3 heteroatoms. The minimum Gasteiger partial charge on any atom is -0.334 e. The molecule has 0 bridgehead atoms. The van der Waals surface area contributed by atoms with Crippen molar-refractivity contribution in [1.29, 1.82) is 0 Å². The van der Waals surface area contributed by atoms with E-state index in [0.717, 1.165) is 0 Å². The Labute approximate surface area is 93.2 Å². The molecule has 0 atom stereocenters. The number of hydrogen-bond acceptors (Lipinski definition) is 2. The van der Waals surface area contributed by atoms with Gasteiger partial charge in [-0.2, -0.15) is 0 Å². The van der Waals surface area contributed by atoms with Crippen LogP contribution in [-0.2, 0) is 29.1 Å². The van der Waals surface area contributed by atoms with Gasteiger partial charge in [0.1, 0.15) is 0 Å². The van der Waals surface area contributed by atoms with Crippen LogP contribution in [0.1, 0.15) is 34.6 Å². The summed E-state index contributed by atoms with van der Waals surface area (Å²) in [6.07, 6.45) is 1.21. The molecule has 0 aromatic carbocycles. The largest absolute Gasteiger partial charge is 1.00 e. The maximum Gasteiger partial charge on any atom is 1.00 e. The molecule has 13 heavy (non-hydrogen) atoms. The monoisotopic (exact) mass is 271 g/mol. The zero-order valence-electron chi connectivity index (χ0n) is 8.82. The predicted molar refractivity (Wildman–Crippen MR) is 48.6 cm³/mol. The molecule has 0 saturated heterocycles. The van der Waals surface area contributed by atoms with E-state index >= 15 is 0 Å². The van der Waals surface area contributed by atoms with Crippen molar-refractivity contribution in [2.45, 2.75) is 34.6 Å². The van der Waals surface area contributed by atoms with E-state index in [9.17, 15) is 9.59 Å². The van der Waals surface area contributed by atoms with E-state index in [4.69, 9.17) is 0 Å². The molecule has 0 spiro atoms. The van der Waals surface area contributed by atoms with Crippen LogP contribution in [0.5, 0.6) is 0 Å². The molecule has 0 unspecified atom stereocenters. The van der Waals surface area contributed by atoms with Crippen molar-refractivity contribution in [3.63, 3.8) is 0 Å². The van der Waals surface area contributed by atoms with Gasteiger partial charge in [-0.3, -0.25) is 6.42 Å². The molecular formula is C10H17O2Ru. The first-order chi connectivity index (χ1) is 5.25. The van der Waals surface area contributed by atoms with Crippen LogP contribution in [0.4, 0.5) is 0 Å². The second-order valence-electron chi connectivity index (χ2n) is 4.32.